The van der Waals surface area contributed by atoms with E-state index in [9.17, 15) is 4.79 Å². The van der Waals surface area contributed by atoms with Crippen LogP contribution in [0.25, 0.3) is 0 Å². The molecule has 0 unspecified atom stereocenters. The summed E-state index contributed by atoms with van der Waals surface area (Å²) < 4.78 is 0. The third kappa shape index (κ3) is 2.52. The molecule has 1 heterocycles. The SMILES string of the molecule is Cc1ccncc1C(=O)NCCO. The van der Waals surface area contributed by atoms with E-state index >= 15 is 0 Å². The van der Waals surface area contributed by atoms with Crippen LogP contribution in [0.4, 0.5) is 0 Å². The maximum atomic E-state index is 11.4. The van der Waals surface area contributed by atoms with Crippen LogP contribution in [-0.4, -0.2) is 29.1 Å². The number of rotatable bonds is 3. The highest BCUT2D eigenvalue weighted by Crippen LogP contribution is 2.03. The van der Waals surface area contributed by atoms with Gasteiger partial charge in [0.2, 0.25) is 0 Å². The van der Waals surface area contributed by atoms with Crippen molar-refractivity contribution in [3.63, 3.8) is 0 Å². The minimum atomic E-state index is -0.195. The molecule has 4 nitrogen and oxygen atoms in total. The molecule has 0 bridgehead atoms. The molecule has 0 aromatic carbocycles. The summed E-state index contributed by atoms with van der Waals surface area (Å²) >= 11 is 0. The molecule has 0 radical (unpaired) electrons. The molecule has 0 aliphatic rings. The van der Waals surface area contributed by atoms with Crippen LogP contribution in [-0.2, 0) is 0 Å². The minimum absolute atomic E-state index is 0.0505. The van der Waals surface area contributed by atoms with Crippen LogP contribution >= 0.6 is 0 Å². The van der Waals surface area contributed by atoms with Gasteiger partial charge in [-0.2, -0.15) is 0 Å². The molecule has 13 heavy (non-hydrogen) atoms. The molecular weight excluding hydrogens is 168 g/mol. The Hall–Kier alpha value is -1.42. The standard InChI is InChI=1S/C9H12N2O2/c1-7-2-3-10-6-8(7)9(13)11-4-5-12/h2-3,6,12H,4-5H2,1H3,(H,11,13). The maximum Gasteiger partial charge on any atom is 0.253 e. The zero-order valence-corrected chi connectivity index (χ0v) is 7.45. The lowest BCUT2D eigenvalue weighted by molar-refractivity contribution is 0.0944. The van der Waals surface area contributed by atoms with Gasteiger partial charge in [-0.05, 0) is 18.6 Å². The number of aliphatic hydroxyl groups is 1. The Morgan fingerprint density at radius 3 is 3.08 bits per heavy atom. The number of pyridine rings is 1. The monoisotopic (exact) mass is 180 g/mol. The van der Waals surface area contributed by atoms with E-state index in [4.69, 9.17) is 5.11 Å². The number of amides is 1. The summed E-state index contributed by atoms with van der Waals surface area (Å²) in [6.07, 6.45) is 3.15. The second kappa shape index (κ2) is 4.57. The first-order valence-corrected chi connectivity index (χ1v) is 4.05. The number of aromatic nitrogens is 1. The highest BCUT2D eigenvalue weighted by atomic mass is 16.3. The third-order valence-corrected chi connectivity index (χ3v) is 1.68. The number of carbonyl (C=O) groups excluding carboxylic acids is 1. The number of aryl methyl sites for hydroxylation is 1. The van der Waals surface area contributed by atoms with Crippen LogP contribution in [0.2, 0.25) is 0 Å². The van der Waals surface area contributed by atoms with Gasteiger partial charge in [0, 0.05) is 18.9 Å². The number of hydrogen-bond donors (Lipinski definition) is 2. The largest absolute Gasteiger partial charge is 0.395 e. The van der Waals surface area contributed by atoms with Gasteiger partial charge >= 0.3 is 0 Å². The number of aliphatic hydroxyl groups excluding tert-OH is 1. The number of carbonyl (C=O) groups is 1. The van der Waals surface area contributed by atoms with Crippen LogP contribution in [0, 0.1) is 6.92 Å². The van der Waals surface area contributed by atoms with Gasteiger partial charge in [-0.3, -0.25) is 9.78 Å². The number of nitrogens with one attached hydrogen (secondary N) is 1. The molecule has 0 atom stereocenters. The van der Waals surface area contributed by atoms with Gasteiger partial charge in [0.15, 0.2) is 0 Å². The first-order valence-electron chi connectivity index (χ1n) is 4.05. The van der Waals surface area contributed by atoms with Crippen molar-refractivity contribution in [2.24, 2.45) is 0 Å². The van der Waals surface area contributed by atoms with Gasteiger partial charge in [-0.25, -0.2) is 0 Å². The Bertz CT molecular complexity index is 299. The summed E-state index contributed by atoms with van der Waals surface area (Å²) in [4.78, 5) is 15.2. The highest BCUT2D eigenvalue weighted by Gasteiger charge is 2.06. The molecule has 4 heteroatoms. The van der Waals surface area contributed by atoms with E-state index in [-0.39, 0.29) is 19.1 Å². The molecule has 0 aliphatic heterocycles. The molecule has 1 rings (SSSR count). The van der Waals surface area contributed by atoms with Crippen molar-refractivity contribution in [3.8, 4) is 0 Å². The van der Waals surface area contributed by atoms with Crippen molar-refractivity contribution in [1.29, 1.82) is 0 Å². The summed E-state index contributed by atoms with van der Waals surface area (Å²) in [5, 5.41) is 11.1. The van der Waals surface area contributed by atoms with Crippen LogP contribution in [0.15, 0.2) is 18.5 Å². The lowest BCUT2D eigenvalue weighted by Gasteiger charge is -2.04. The average molecular weight is 180 g/mol. The Morgan fingerprint density at radius 1 is 1.69 bits per heavy atom. The fraction of sp³-hybridized carbons (Fsp3) is 0.333. The lowest BCUT2D eigenvalue weighted by atomic mass is 10.1. The summed E-state index contributed by atoms with van der Waals surface area (Å²) in [6.45, 7) is 2.06. The summed E-state index contributed by atoms with van der Waals surface area (Å²) in [7, 11) is 0. The van der Waals surface area contributed by atoms with Crippen molar-refractivity contribution < 1.29 is 9.90 Å². The van der Waals surface area contributed by atoms with E-state index in [0.29, 0.717) is 5.56 Å². The Morgan fingerprint density at radius 2 is 2.46 bits per heavy atom. The minimum Gasteiger partial charge on any atom is -0.395 e. The molecule has 1 amide bonds. The fourth-order valence-electron chi connectivity index (χ4n) is 0.966. The predicted octanol–water partition coefficient (Wildman–Crippen LogP) is 0.112. The van der Waals surface area contributed by atoms with Crippen molar-refractivity contribution >= 4 is 5.91 Å². The van der Waals surface area contributed by atoms with E-state index in [1.165, 1.54) is 6.20 Å². The van der Waals surface area contributed by atoms with Crippen LogP contribution in [0.5, 0.6) is 0 Å². The quantitative estimate of drug-likeness (QED) is 0.694. The Labute approximate surface area is 76.6 Å². The zero-order valence-electron chi connectivity index (χ0n) is 7.45. The third-order valence-electron chi connectivity index (χ3n) is 1.68. The number of hydrogen-bond acceptors (Lipinski definition) is 3. The lowest BCUT2D eigenvalue weighted by Crippen LogP contribution is -2.27. The smallest absolute Gasteiger partial charge is 0.253 e. The van der Waals surface area contributed by atoms with Gasteiger partial charge < -0.3 is 10.4 Å². The molecule has 0 saturated carbocycles. The molecule has 0 saturated heterocycles. The van der Waals surface area contributed by atoms with Gasteiger partial charge in [-0.1, -0.05) is 0 Å². The van der Waals surface area contributed by atoms with Crippen molar-refractivity contribution in [3.05, 3.63) is 29.6 Å². The van der Waals surface area contributed by atoms with E-state index < -0.39 is 0 Å². The summed E-state index contributed by atoms with van der Waals surface area (Å²) in [6, 6.07) is 1.77. The van der Waals surface area contributed by atoms with E-state index in [0.717, 1.165) is 5.56 Å². The second-order valence-electron chi connectivity index (χ2n) is 2.67. The maximum absolute atomic E-state index is 11.4. The second-order valence-corrected chi connectivity index (χ2v) is 2.67. The van der Waals surface area contributed by atoms with Crippen molar-refractivity contribution in [2.75, 3.05) is 13.2 Å². The highest BCUT2D eigenvalue weighted by molar-refractivity contribution is 5.95. The molecule has 1 aromatic heterocycles. The number of nitrogens with zero attached hydrogens (tertiary/aromatic N) is 1. The molecule has 0 fully saturated rings. The molecule has 0 aliphatic carbocycles. The summed E-state index contributed by atoms with van der Waals surface area (Å²) in [5.41, 5.74) is 1.43. The Balaban J connectivity index is 2.71. The van der Waals surface area contributed by atoms with Gasteiger partial charge in [0.05, 0.1) is 12.2 Å². The van der Waals surface area contributed by atoms with E-state index in [2.05, 4.69) is 10.3 Å². The fourth-order valence-corrected chi connectivity index (χ4v) is 0.966. The van der Waals surface area contributed by atoms with Gasteiger partial charge in [0.1, 0.15) is 0 Å². The normalized spacial score (nSPS) is 9.69. The molecule has 1 aromatic rings. The molecule has 2 N–H and O–H groups in total. The zero-order chi connectivity index (χ0) is 9.68. The molecular formula is C9H12N2O2. The first-order chi connectivity index (χ1) is 6.25. The van der Waals surface area contributed by atoms with Crippen LogP contribution in [0.1, 0.15) is 15.9 Å². The van der Waals surface area contributed by atoms with E-state index in [1.54, 1.807) is 12.3 Å². The van der Waals surface area contributed by atoms with Gasteiger partial charge in [-0.15, -0.1) is 0 Å². The average Bonchev–Trinajstić information content (AvgIpc) is 2.15. The van der Waals surface area contributed by atoms with Crippen LogP contribution < -0.4 is 5.32 Å². The van der Waals surface area contributed by atoms with Crippen LogP contribution in [0.3, 0.4) is 0 Å². The predicted molar refractivity (Wildman–Crippen MR) is 48.4 cm³/mol. The molecule has 70 valence electrons. The summed E-state index contributed by atoms with van der Waals surface area (Å²) in [5.74, 6) is -0.195. The molecule has 0 spiro atoms. The van der Waals surface area contributed by atoms with E-state index in [1.807, 2.05) is 6.92 Å². The Kier molecular flexibility index (Phi) is 3.40. The first kappa shape index (κ1) is 9.67. The van der Waals surface area contributed by atoms with Crippen molar-refractivity contribution in [2.45, 2.75) is 6.92 Å². The van der Waals surface area contributed by atoms with Crippen molar-refractivity contribution in [1.82, 2.24) is 10.3 Å². The topological polar surface area (TPSA) is 62.2 Å². The van der Waals surface area contributed by atoms with Gasteiger partial charge in [0.25, 0.3) is 5.91 Å².